The number of rotatable bonds is 4. The Morgan fingerprint density at radius 1 is 1.43 bits per heavy atom. The van der Waals surface area contributed by atoms with Gasteiger partial charge in [-0.2, -0.15) is 0 Å². The molecule has 0 aliphatic rings. The predicted molar refractivity (Wildman–Crippen MR) is 58.4 cm³/mol. The summed E-state index contributed by atoms with van der Waals surface area (Å²) in [6.07, 6.45) is -0.394. The fraction of sp³-hybridized carbons (Fsp3) is 0.364. The largest absolute Gasteiger partial charge is 0.282 e. The highest BCUT2D eigenvalue weighted by Gasteiger charge is 2.06. The van der Waals surface area contributed by atoms with E-state index in [0.717, 1.165) is 0 Å². The van der Waals surface area contributed by atoms with Gasteiger partial charge in [-0.1, -0.05) is 42.1 Å². The summed E-state index contributed by atoms with van der Waals surface area (Å²) in [5, 5.41) is 0.0197. The molecule has 0 fully saturated rings. The molecule has 76 valence electrons. The molecule has 14 heavy (non-hydrogen) atoms. The van der Waals surface area contributed by atoms with Gasteiger partial charge >= 0.3 is 0 Å². The van der Waals surface area contributed by atoms with Gasteiger partial charge in [-0.3, -0.25) is 4.79 Å². The lowest BCUT2D eigenvalue weighted by molar-refractivity contribution is 0.108. The molecule has 0 aliphatic carbocycles. The number of alkyl halides is 1. The van der Waals surface area contributed by atoms with Crippen molar-refractivity contribution in [2.75, 3.05) is 5.75 Å². The van der Waals surface area contributed by atoms with E-state index in [1.165, 1.54) is 18.7 Å². The SMILES string of the molecule is CC(F)CCSC(=O)c1ccccc1. The third-order valence-electron chi connectivity index (χ3n) is 1.76. The fourth-order valence-corrected chi connectivity index (χ4v) is 1.90. The molecule has 1 aromatic carbocycles. The molecule has 0 aromatic heterocycles. The van der Waals surface area contributed by atoms with E-state index in [4.69, 9.17) is 0 Å². The molecule has 0 saturated carbocycles. The molecule has 1 aromatic rings. The highest BCUT2D eigenvalue weighted by atomic mass is 32.2. The highest BCUT2D eigenvalue weighted by Crippen LogP contribution is 2.14. The Kier molecular flexibility index (Phi) is 4.66. The molecule has 1 atom stereocenters. The van der Waals surface area contributed by atoms with Crippen LogP contribution in [0.25, 0.3) is 0 Å². The molecule has 0 amide bonds. The van der Waals surface area contributed by atoms with Crippen LogP contribution in [0.3, 0.4) is 0 Å². The van der Waals surface area contributed by atoms with Crippen molar-refractivity contribution in [3.63, 3.8) is 0 Å². The maximum Gasteiger partial charge on any atom is 0.219 e. The van der Waals surface area contributed by atoms with Gasteiger partial charge in [0.25, 0.3) is 0 Å². The molecule has 1 rings (SSSR count). The van der Waals surface area contributed by atoms with Crippen LogP contribution in [0.5, 0.6) is 0 Å². The first-order valence-electron chi connectivity index (χ1n) is 4.56. The number of hydrogen-bond donors (Lipinski definition) is 0. The van der Waals surface area contributed by atoms with Crippen LogP contribution >= 0.6 is 11.8 Å². The molecule has 0 heterocycles. The van der Waals surface area contributed by atoms with Crippen LogP contribution in [-0.4, -0.2) is 17.0 Å². The second-order valence-corrected chi connectivity index (χ2v) is 4.14. The Hall–Kier alpha value is -0.830. The summed E-state index contributed by atoms with van der Waals surface area (Å²) in [6.45, 7) is 1.51. The molecular weight excluding hydrogens is 199 g/mol. The van der Waals surface area contributed by atoms with Crippen LogP contribution in [0.1, 0.15) is 23.7 Å². The third-order valence-corrected chi connectivity index (χ3v) is 2.70. The van der Waals surface area contributed by atoms with E-state index in [1.54, 1.807) is 12.1 Å². The molecule has 3 heteroatoms. The minimum Gasteiger partial charge on any atom is -0.282 e. The summed E-state index contributed by atoms with van der Waals surface area (Å²) in [5.41, 5.74) is 0.684. The van der Waals surface area contributed by atoms with Crippen LogP contribution < -0.4 is 0 Å². The van der Waals surface area contributed by atoms with Gasteiger partial charge in [-0.15, -0.1) is 0 Å². The highest BCUT2D eigenvalue weighted by molar-refractivity contribution is 8.14. The van der Waals surface area contributed by atoms with Gasteiger partial charge in [0, 0.05) is 11.3 Å². The lowest BCUT2D eigenvalue weighted by Gasteiger charge is -2.01. The second-order valence-electron chi connectivity index (χ2n) is 3.07. The van der Waals surface area contributed by atoms with Crippen molar-refractivity contribution in [1.82, 2.24) is 0 Å². The molecule has 0 radical (unpaired) electrons. The zero-order chi connectivity index (χ0) is 10.4. The van der Waals surface area contributed by atoms with Crippen LogP contribution in [0, 0.1) is 0 Å². The molecule has 0 aliphatic heterocycles. The van der Waals surface area contributed by atoms with Crippen molar-refractivity contribution < 1.29 is 9.18 Å². The van der Waals surface area contributed by atoms with Gasteiger partial charge in [0.05, 0.1) is 6.17 Å². The van der Waals surface area contributed by atoms with E-state index in [1.807, 2.05) is 18.2 Å². The van der Waals surface area contributed by atoms with Crippen molar-refractivity contribution in [1.29, 1.82) is 0 Å². The summed E-state index contributed by atoms with van der Waals surface area (Å²) < 4.78 is 12.4. The quantitative estimate of drug-likeness (QED) is 0.761. The van der Waals surface area contributed by atoms with Gasteiger partial charge in [-0.05, 0) is 13.3 Å². The Morgan fingerprint density at radius 3 is 2.64 bits per heavy atom. The predicted octanol–water partition coefficient (Wildman–Crippen LogP) is 3.31. The Balaban J connectivity index is 2.36. The average molecular weight is 212 g/mol. The van der Waals surface area contributed by atoms with E-state index in [0.29, 0.717) is 17.7 Å². The van der Waals surface area contributed by atoms with Gasteiger partial charge in [0.15, 0.2) is 0 Å². The first kappa shape index (κ1) is 11.2. The Labute approximate surface area is 87.7 Å². The van der Waals surface area contributed by atoms with Crippen molar-refractivity contribution in [2.45, 2.75) is 19.5 Å². The topological polar surface area (TPSA) is 17.1 Å². The van der Waals surface area contributed by atoms with Crippen molar-refractivity contribution in [3.8, 4) is 0 Å². The van der Waals surface area contributed by atoms with E-state index < -0.39 is 6.17 Å². The van der Waals surface area contributed by atoms with Gasteiger partial charge in [-0.25, -0.2) is 4.39 Å². The number of thioether (sulfide) groups is 1. The second kappa shape index (κ2) is 5.81. The zero-order valence-electron chi connectivity index (χ0n) is 8.07. The smallest absolute Gasteiger partial charge is 0.219 e. The maximum atomic E-state index is 12.4. The standard InChI is InChI=1S/C11H13FOS/c1-9(12)7-8-14-11(13)10-5-3-2-4-6-10/h2-6,9H,7-8H2,1H3. The summed E-state index contributed by atoms with van der Waals surface area (Å²) in [6, 6.07) is 9.06. The maximum absolute atomic E-state index is 12.4. The van der Waals surface area contributed by atoms with Crippen molar-refractivity contribution >= 4 is 16.9 Å². The summed E-state index contributed by atoms with van der Waals surface area (Å²) in [4.78, 5) is 11.5. The van der Waals surface area contributed by atoms with E-state index >= 15 is 0 Å². The lowest BCUT2D eigenvalue weighted by Crippen LogP contribution is -1.99. The van der Waals surface area contributed by atoms with Gasteiger partial charge in [0.1, 0.15) is 0 Å². The Morgan fingerprint density at radius 2 is 2.07 bits per heavy atom. The van der Waals surface area contributed by atoms with Crippen LogP contribution in [0.2, 0.25) is 0 Å². The number of halogens is 1. The minimum absolute atomic E-state index is 0.0197. The fourth-order valence-electron chi connectivity index (χ4n) is 0.972. The van der Waals surface area contributed by atoms with Crippen LogP contribution in [0.15, 0.2) is 30.3 Å². The van der Waals surface area contributed by atoms with Crippen molar-refractivity contribution in [2.24, 2.45) is 0 Å². The first-order valence-corrected chi connectivity index (χ1v) is 5.55. The van der Waals surface area contributed by atoms with E-state index in [2.05, 4.69) is 0 Å². The Bertz CT molecular complexity index is 285. The molecule has 0 N–H and O–H groups in total. The molecular formula is C11H13FOS. The average Bonchev–Trinajstić information content (AvgIpc) is 2.18. The molecule has 0 spiro atoms. The first-order chi connectivity index (χ1) is 6.70. The third kappa shape index (κ3) is 3.92. The number of benzene rings is 1. The van der Waals surface area contributed by atoms with Crippen LogP contribution in [0.4, 0.5) is 4.39 Å². The molecule has 1 nitrogen and oxygen atoms in total. The molecule has 1 unspecified atom stereocenters. The van der Waals surface area contributed by atoms with Gasteiger partial charge in [0.2, 0.25) is 5.12 Å². The van der Waals surface area contributed by atoms with Crippen molar-refractivity contribution in [3.05, 3.63) is 35.9 Å². The zero-order valence-corrected chi connectivity index (χ0v) is 8.89. The molecule has 0 saturated heterocycles. The summed E-state index contributed by atoms with van der Waals surface area (Å²) in [7, 11) is 0. The monoisotopic (exact) mass is 212 g/mol. The lowest BCUT2D eigenvalue weighted by atomic mass is 10.2. The number of carbonyl (C=O) groups excluding carboxylic acids is 1. The van der Waals surface area contributed by atoms with Crippen LogP contribution in [-0.2, 0) is 0 Å². The van der Waals surface area contributed by atoms with E-state index in [9.17, 15) is 9.18 Å². The minimum atomic E-state index is -0.828. The number of carbonyl (C=O) groups is 1. The normalized spacial score (nSPS) is 12.4. The summed E-state index contributed by atoms with van der Waals surface area (Å²) >= 11 is 1.18. The number of hydrogen-bond acceptors (Lipinski definition) is 2. The van der Waals surface area contributed by atoms with Gasteiger partial charge < -0.3 is 0 Å². The summed E-state index contributed by atoms with van der Waals surface area (Å²) in [5.74, 6) is 0.547. The van der Waals surface area contributed by atoms with E-state index in [-0.39, 0.29) is 5.12 Å². The molecule has 0 bridgehead atoms.